The molecular weight excluding hydrogens is 238 g/mol. The van der Waals surface area contributed by atoms with Crippen molar-refractivity contribution >= 4 is 10.9 Å². The molecular formula is C15H17N3O. The molecule has 0 aliphatic carbocycles. The van der Waals surface area contributed by atoms with Gasteiger partial charge in [-0.15, -0.1) is 0 Å². The van der Waals surface area contributed by atoms with Crippen molar-refractivity contribution in [1.29, 1.82) is 5.26 Å². The van der Waals surface area contributed by atoms with Crippen LogP contribution in [0.25, 0.3) is 10.9 Å². The number of hydrogen-bond acceptors (Lipinski definition) is 4. The number of para-hydroxylation sites is 1. The number of hydrogen-bond donors (Lipinski definition) is 1. The molecule has 1 aromatic heterocycles. The van der Waals surface area contributed by atoms with Gasteiger partial charge in [-0.1, -0.05) is 19.1 Å². The summed E-state index contributed by atoms with van der Waals surface area (Å²) in [6, 6.07) is 9.82. The number of nitriles is 1. The third-order valence-corrected chi connectivity index (χ3v) is 2.80. The molecule has 0 amide bonds. The number of fused-ring (bicyclic) bond motifs is 1. The Morgan fingerprint density at radius 1 is 1.32 bits per heavy atom. The monoisotopic (exact) mass is 255 g/mol. The van der Waals surface area contributed by atoms with E-state index in [2.05, 4.69) is 23.3 Å². The van der Waals surface area contributed by atoms with Gasteiger partial charge in [-0.05, 0) is 25.1 Å². The van der Waals surface area contributed by atoms with Crippen LogP contribution in [-0.2, 0) is 0 Å². The van der Waals surface area contributed by atoms with Crippen molar-refractivity contribution in [2.45, 2.75) is 13.3 Å². The van der Waals surface area contributed by atoms with Crippen LogP contribution in [0.1, 0.15) is 18.9 Å². The smallest absolute Gasteiger partial charge is 0.148 e. The zero-order valence-corrected chi connectivity index (χ0v) is 11.0. The number of nitrogens with zero attached hydrogens (tertiary/aromatic N) is 2. The molecule has 2 rings (SSSR count). The second-order valence-corrected chi connectivity index (χ2v) is 4.23. The Morgan fingerprint density at radius 2 is 2.16 bits per heavy atom. The van der Waals surface area contributed by atoms with Gasteiger partial charge >= 0.3 is 0 Å². The lowest BCUT2D eigenvalue weighted by molar-refractivity contribution is 0.317. The van der Waals surface area contributed by atoms with Crippen molar-refractivity contribution in [1.82, 2.24) is 10.3 Å². The number of aromatic nitrogens is 1. The van der Waals surface area contributed by atoms with E-state index in [9.17, 15) is 0 Å². The van der Waals surface area contributed by atoms with Crippen LogP contribution in [0, 0.1) is 11.3 Å². The average Bonchev–Trinajstić information content (AvgIpc) is 2.47. The van der Waals surface area contributed by atoms with E-state index in [4.69, 9.17) is 10.00 Å². The van der Waals surface area contributed by atoms with E-state index in [0.29, 0.717) is 17.9 Å². The van der Waals surface area contributed by atoms with Gasteiger partial charge in [0.05, 0.1) is 5.52 Å². The number of ether oxygens (including phenoxy) is 1. The summed E-state index contributed by atoms with van der Waals surface area (Å²) in [5.41, 5.74) is 1.33. The molecule has 0 spiro atoms. The second-order valence-electron chi connectivity index (χ2n) is 4.23. The van der Waals surface area contributed by atoms with Crippen molar-refractivity contribution in [3.05, 3.63) is 36.0 Å². The quantitative estimate of drug-likeness (QED) is 0.806. The molecule has 0 radical (unpaired) electrons. The van der Waals surface area contributed by atoms with Gasteiger partial charge in [0.25, 0.3) is 0 Å². The maximum Gasteiger partial charge on any atom is 0.148 e. The Hall–Kier alpha value is -2.12. The van der Waals surface area contributed by atoms with Gasteiger partial charge in [0.1, 0.15) is 24.0 Å². The van der Waals surface area contributed by atoms with Crippen LogP contribution in [0.2, 0.25) is 0 Å². The topological polar surface area (TPSA) is 57.9 Å². The minimum Gasteiger partial charge on any atom is -0.490 e. The maximum absolute atomic E-state index is 9.13. The summed E-state index contributed by atoms with van der Waals surface area (Å²) in [4.78, 5) is 4.25. The molecule has 0 aliphatic rings. The molecule has 0 aliphatic heterocycles. The van der Waals surface area contributed by atoms with Gasteiger partial charge < -0.3 is 10.1 Å². The fraction of sp³-hybridized carbons (Fsp3) is 0.333. The Morgan fingerprint density at radius 3 is 2.95 bits per heavy atom. The summed E-state index contributed by atoms with van der Waals surface area (Å²) in [6.45, 7) is 4.42. The molecule has 0 fully saturated rings. The molecule has 0 bridgehead atoms. The van der Waals surface area contributed by atoms with E-state index in [0.717, 1.165) is 30.4 Å². The van der Waals surface area contributed by atoms with Crippen molar-refractivity contribution in [2.75, 3.05) is 19.7 Å². The Labute approximate surface area is 113 Å². The lowest BCUT2D eigenvalue weighted by atomic mass is 10.1. The summed E-state index contributed by atoms with van der Waals surface area (Å²) in [6.07, 6.45) is 2.67. The van der Waals surface area contributed by atoms with Gasteiger partial charge in [0.15, 0.2) is 0 Å². The molecule has 19 heavy (non-hydrogen) atoms. The average molecular weight is 255 g/mol. The van der Waals surface area contributed by atoms with Crippen LogP contribution in [-0.4, -0.2) is 24.7 Å². The zero-order chi connectivity index (χ0) is 13.5. The van der Waals surface area contributed by atoms with Crippen LogP contribution in [0.4, 0.5) is 0 Å². The van der Waals surface area contributed by atoms with Crippen molar-refractivity contribution in [3.63, 3.8) is 0 Å². The minimum absolute atomic E-state index is 0.481. The summed E-state index contributed by atoms with van der Waals surface area (Å²) < 4.78 is 5.76. The van der Waals surface area contributed by atoms with Gasteiger partial charge in [-0.25, -0.2) is 0 Å². The first-order valence-corrected chi connectivity index (χ1v) is 6.48. The molecule has 0 atom stereocenters. The number of benzene rings is 1. The maximum atomic E-state index is 9.13. The first-order chi connectivity index (χ1) is 9.36. The molecule has 4 nitrogen and oxygen atoms in total. The molecule has 1 heterocycles. The second kappa shape index (κ2) is 6.72. The third kappa shape index (κ3) is 3.21. The summed E-state index contributed by atoms with van der Waals surface area (Å²) in [5.74, 6) is 0.631. The predicted molar refractivity (Wildman–Crippen MR) is 75.1 cm³/mol. The van der Waals surface area contributed by atoms with E-state index in [-0.39, 0.29) is 0 Å². The standard InChI is InChI=1S/C15H17N3O/c1-2-7-17-8-9-19-15-12(10-16)11-18-14-6-4-3-5-13(14)15/h3-6,11,17H,2,7-9H2,1H3. The van der Waals surface area contributed by atoms with Gasteiger partial charge in [0, 0.05) is 18.1 Å². The molecule has 2 aromatic rings. The largest absolute Gasteiger partial charge is 0.490 e. The molecule has 4 heteroatoms. The number of pyridine rings is 1. The number of nitrogens with one attached hydrogen (secondary N) is 1. The highest BCUT2D eigenvalue weighted by atomic mass is 16.5. The van der Waals surface area contributed by atoms with E-state index in [1.807, 2.05) is 24.3 Å². The SMILES string of the molecule is CCCNCCOc1c(C#N)cnc2ccccc12. The van der Waals surface area contributed by atoms with E-state index in [1.165, 1.54) is 0 Å². The molecule has 1 aromatic carbocycles. The summed E-state index contributed by atoms with van der Waals surface area (Å²) in [7, 11) is 0. The van der Waals surface area contributed by atoms with Crippen molar-refractivity contribution < 1.29 is 4.74 Å². The zero-order valence-electron chi connectivity index (χ0n) is 11.0. The van der Waals surface area contributed by atoms with Gasteiger partial charge in [0.2, 0.25) is 0 Å². The highest BCUT2D eigenvalue weighted by molar-refractivity contribution is 5.87. The van der Waals surface area contributed by atoms with Crippen molar-refractivity contribution in [3.8, 4) is 11.8 Å². The van der Waals surface area contributed by atoms with Crippen molar-refractivity contribution in [2.24, 2.45) is 0 Å². The minimum atomic E-state index is 0.481. The van der Waals surface area contributed by atoms with Crippen LogP contribution >= 0.6 is 0 Å². The van der Waals surface area contributed by atoms with E-state index in [1.54, 1.807) is 6.20 Å². The van der Waals surface area contributed by atoms with E-state index >= 15 is 0 Å². The Kier molecular flexibility index (Phi) is 4.71. The highest BCUT2D eigenvalue weighted by Crippen LogP contribution is 2.27. The lowest BCUT2D eigenvalue weighted by Gasteiger charge is -2.11. The first-order valence-electron chi connectivity index (χ1n) is 6.48. The fourth-order valence-electron chi connectivity index (χ4n) is 1.88. The van der Waals surface area contributed by atoms with Crippen LogP contribution in [0.3, 0.4) is 0 Å². The molecule has 1 N–H and O–H groups in total. The normalized spacial score (nSPS) is 10.3. The third-order valence-electron chi connectivity index (χ3n) is 2.80. The Balaban J connectivity index is 2.17. The number of rotatable bonds is 6. The molecule has 0 unspecified atom stereocenters. The van der Waals surface area contributed by atoms with E-state index < -0.39 is 0 Å². The summed E-state index contributed by atoms with van der Waals surface area (Å²) in [5, 5.41) is 13.3. The Bertz CT molecular complexity index is 589. The van der Waals surface area contributed by atoms with Crippen LogP contribution in [0.15, 0.2) is 30.5 Å². The summed E-state index contributed by atoms with van der Waals surface area (Å²) >= 11 is 0. The highest BCUT2D eigenvalue weighted by Gasteiger charge is 2.09. The lowest BCUT2D eigenvalue weighted by Crippen LogP contribution is -2.21. The van der Waals surface area contributed by atoms with Gasteiger partial charge in [-0.2, -0.15) is 5.26 Å². The predicted octanol–water partition coefficient (Wildman–Crippen LogP) is 2.48. The molecule has 0 saturated carbocycles. The first kappa shape index (κ1) is 13.3. The van der Waals surface area contributed by atoms with Gasteiger partial charge in [-0.3, -0.25) is 4.98 Å². The molecule has 0 saturated heterocycles. The van der Waals surface area contributed by atoms with Crippen LogP contribution < -0.4 is 10.1 Å². The molecule has 98 valence electrons. The fourth-order valence-corrected chi connectivity index (χ4v) is 1.88. The van der Waals surface area contributed by atoms with Crippen LogP contribution in [0.5, 0.6) is 5.75 Å².